The van der Waals surface area contributed by atoms with E-state index in [9.17, 15) is 9.59 Å². The first-order chi connectivity index (χ1) is 13.1. The van der Waals surface area contributed by atoms with Crippen LogP contribution in [0, 0.1) is 12.3 Å². The zero-order chi connectivity index (χ0) is 18.9. The van der Waals surface area contributed by atoms with Gasteiger partial charge in [-0.15, -0.1) is 12.3 Å². The van der Waals surface area contributed by atoms with Gasteiger partial charge < -0.3 is 15.5 Å². The summed E-state index contributed by atoms with van der Waals surface area (Å²) in [6, 6.07) is 7.69. The van der Waals surface area contributed by atoms with Crippen LogP contribution in [0.5, 0.6) is 0 Å². The smallest absolute Gasteiger partial charge is 0.319 e. The van der Waals surface area contributed by atoms with Crippen LogP contribution < -0.4 is 10.6 Å². The standard InChI is InChI=1S/C20H23N5O2/c1-2-3-9-20(23-24-20)10-8-17(26)25-13-11-19(12-14-25)15-6-4-5-7-16(15)21-18(27)22-19/h1,4-7H,3,8-14H2,(H2,21,22,27). The van der Waals surface area contributed by atoms with Crippen LogP contribution in [0.3, 0.4) is 0 Å². The second-order valence-corrected chi connectivity index (χ2v) is 7.47. The molecule has 0 atom stereocenters. The van der Waals surface area contributed by atoms with E-state index in [1.807, 2.05) is 29.2 Å². The molecule has 2 N–H and O–H groups in total. The van der Waals surface area contributed by atoms with Crippen LogP contribution >= 0.6 is 0 Å². The number of terminal acetylenes is 1. The summed E-state index contributed by atoms with van der Waals surface area (Å²) in [5.41, 5.74) is 1.14. The van der Waals surface area contributed by atoms with Gasteiger partial charge in [-0.3, -0.25) is 4.79 Å². The van der Waals surface area contributed by atoms with E-state index in [0.717, 1.165) is 17.7 Å². The molecule has 3 heterocycles. The Morgan fingerprint density at radius 1 is 1.22 bits per heavy atom. The number of carbonyl (C=O) groups excluding carboxylic acids is 2. The lowest BCUT2D eigenvalue weighted by molar-refractivity contribution is -0.133. The number of amides is 3. The number of carbonyl (C=O) groups is 2. The zero-order valence-electron chi connectivity index (χ0n) is 15.2. The molecule has 27 heavy (non-hydrogen) atoms. The van der Waals surface area contributed by atoms with Crippen molar-refractivity contribution in [3.63, 3.8) is 0 Å². The lowest BCUT2D eigenvalue weighted by Gasteiger charge is -2.45. The molecule has 0 radical (unpaired) electrons. The molecule has 3 aliphatic rings. The lowest BCUT2D eigenvalue weighted by Crippen LogP contribution is -2.57. The second kappa shape index (κ2) is 6.69. The van der Waals surface area contributed by atoms with Crippen molar-refractivity contribution in [1.82, 2.24) is 10.2 Å². The van der Waals surface area contributed by atoms with Crippen LogP contribution in [-0.2, 0) is 10.3 Å². The third-order valence-corrected chi connectivity index (χ3v) is 5.81. The molecule has 0 aliphatic carbocycles. The molecule has 1 spiro atoms. The molecule has 7 nitrogen and oxygen atoms in total. The van der Waals surface area contributed by atoms with E-state index >= 15 is 0 Å². The highest BCUT2D eigenvalue weighted by Gasteiger charge is 2.43. The molecule has 140 valence electrons. The van der Waals surface area contributed by atoms with Crippen LogP contribution in [0.25, 0.3) is 0 Å². The Kier molecular flexibility index (Phi) is 4.34. The number of hydrogen-bond donors (Lipinski definition) is 2. The highest BCUT2D eigenvalue weighted by atomic mass is 16.2. The van der Waals surface area contributed by atoms with Gasteiger partial charge in [0.25, 0.3) is 0 Å². The molecule has 0 unspecified atom stereocenters. The Bertz CT molecular complexity index is 827. The van der Waals surface area contributed by atoms with E-state index in [1.54, 1.807) is 0 Å². The minimum atomic E-state index is -0.416. The Hall–Kier alpha value is -2.88. The fourth-order valence-corrected chi connectivity index (χ4v) is 4.11. The molecule has 3 aliphatic heterocycles. The Balaban J connectivity index is 1.36. The van der Waals surface area contributed by atoms with Crippen molar-refractivity contribution in [3.05, 3.63) is 29.8 Å². The highest BCUT2D eigenvalue weighted by molar-refractivity contribution is 5.93. The van der Waals surface area contributed by atoms with Crippen molar-refractivity contribution in [2.24, 2.45) is 10.2 Å². The monoisotopic (exact) mass is 365 g/mol. The van der Waals surface area contributed by atoms with E-state index in [1.165, 1.54) is 0 Å². The summed E-state index contributed by atoms with van der Waals surface area (Å²) in [6.07, 6.45) is 9.12. The van der Waals surface area contributed by atoms with E-state index < -0.39 is 11.2 Å². The second-order valence-electron chi connectivity index (χ2n) is 7.47. The van der Waals surface area contributed by atoms with Crippen LogP contribution in [-0.4, -0.2) is 35.6 Å². The maximum atomic E-state index is 12.6. The summed E-state index contributed by atoms with van der Waals surface area (Å²) in [4.78, 5) is 26.6. The van der Waals surface area contributed by atoms with Crippen molar-refractivity contribution < 1.29 is 9.59 Å². The van der Waals surface area contributed by atoms with Gasteiger partial charge in [-0.05, 0) is 18.9 Å². The third-order valence-electron chi connectivity index (χ3n) is 5.81. The zero-order valence-corrected chi connectivity index (χ0v) is 15.2. The van der Waals surface area contributed by atoms with E-state index in [2.05, 4.69) is 26.8 Å². The average molecular weight is 365 g/mol. The molecular formula is C20H23N5O2. The molecule has 1 aromatic rings. The number of likely N-dealkylation sites (tertiary alicyclic amines) is 1. The summed E-state index contributed by atoms with van der Waals surface area (Å²) in [5, 5.41) is 14.1. The maximum absolute atomic E-state index is 12.6. The summed E-state index contributed by atoms with van der Waals surface area (Å²) in [5.74, 6) is 2.73. The summed E-state index contributed by atoms with van der Waals surface area (Å²) in [6.45, 7) is 1.25. The summed E-state index contributed by atoms with van der Waals surface area (Å²) < 4.78 is 0. The number of para-hydroxylation sites is 1. The van der Waals surface area contributed by atoms with Crippen LogP contribution in [0.1, 0.15) is 44.1 Å². The maximum Gasteiger partial charge on any atom is 0.319 e. The highest BCUT2D eigenvalue weighted by Crippen LogP contribution is 2.40. The molecule has 3 amide bonds. The predicted molar refractivity (Wildman–Crippen MR) is 101 cm³/mol. The normalized spacial score (nSPS) is 21.0. The first kappa shape index (κ1) is 17.5. The van der Waals surface area contributed by atoms with Gasteiger partial charge in [-0.1, -0.05) is 18.2 Å². The Labute approximate surface area is 158 Å². The van der Waals surface area contributed by atoms with E-state index in [0.29, 0.717) is 45.2 Å². The molecule has 0 saturated carbocycles. The number of benzene rings is 1. The minimum absolute atomic E-state index is 0.121. The minimum Gasteiger partial charge on any atom is -0.342 e. The lowest BCUT2D eigenvalue weighted by atomic mass is 9.79. The number of fused-ring (bicyclic) bond motifs is 2. The van der Waals surface area contributed by atoms with Crippen molar-refractivity contribution in [2.45, 2.75) is 49.7 Å². The summed E-state index contributed by atoms with van der Waals surface area (Å²) in [7, 11) is 0. The first-order valence-corrected chi connectivity index (χ1v) is 9.40. The molecule has 4 rings (SSSR count). The molecule has 1 aromatic carbocycles. The van der Waals surface area contributed by atoms with E-state index in [-0.39, 0.29) is 11.9 Å². The largest absolute Gasteiger partial charge is 0.342 e. The number of nitrogens with zero attached hydrogens (tertiary/aromatic N) is 3. The summed E-state index contributed by atoms with van der Waals surface area (Å²) >= 11 is 0. The molecule has 0 aromatic heterocycles. The van der Waals surface area contributed by atoms with Crippen molar-refractivity contribution >= 4 is 17.6 Å². The van der Waals surface area contributed by atoms with Crippen molar-refractivity contribution in [2.75, 3.05) is 18.4 Å². The predicted octanol–water partition coefficient (Wildman–Crippen LogP) is 3.00. The number of urea groups is 1. The molecule has 7 heteroatoms. The molecule has 0 bridgehead atoms. The van der Waals surface area contributed by atoms with Gasteiger partial charge in [0.05, 0.1) is 5.54 Å². The molecular weight excluding hydrogens is 342 g/mol. The van der Waals surface area contributed by atoms with Gasteiger partial charge >= 0.3 is 6.03 Å². The molecule has 1 fully saturated rings. The van der Waals surface area contributed by atoms with Crippen molar-refractivity contribution in [1.29, 1.82) is 0 Å². The van der Waals surface area contributed by atoms with Crippen LogP contribution in [0.4, 0.5) is 10.5 Å². The Morgan fingerprint density at radius 3 is 2.67 bits per heavy atom. The van der Waals surface area contributed by atoms with Gasteiger partial charge in [0.1, 0.15) is 0 Å². The van der Waals surface area contributed by atoms with Gasteiger partial charge in [-0.2, -0.15) is 10.2 Å². The fraction of sp³-hybridized carbons (Fsp3) is 0.500. The van der Waals surface area contributed by atoms with Crippen LogP contribution in [0.2, 0.25) is 0 Å². The number of piperidine rings is 1. The SMILES string of the molecule is C#CCCC1(CCC(=O)N2CCC3(CC2)NC(=O)Nc2ccccc23)N=N1. The quantitative estimate of drug-likeness (QED) is 0.786. The molecule has 1 saturated heterocycles. The number of rotatable bonds is 5. The average Bonchev–Trinajstić information content (AvgIpc) is 3.45. The third kappa shape index (κ3) is 3.39. The van der Waals surface area contributed by atoms with Gasteiger partial charge in [0, 0.05) is 50.0 Å². The van der Waals surface area contributed by atoms with Crippen molar-refractivity contribution in [3.8, 4) is 12.3 Å². The van der Waals surface area contributed by atoms with Crippen LogP contribution in [0.15, 0.2) is 34.5 Å². The number of anilines is 1. The number of nitrogens with one attached hydrogen (secondary N) is 2. The first-order valence-electron chi connectivity index (χ1n) is 9.40. The topological polar surface area (TPSA) is 86.2 Å². The number of hydrogen-bond acceptors (Lipinski definition) is 4. The van der Waals surface area contributed by atoms with Gasteiger partial charge in [0.2, 0.25) is 5.91 Å². The Morgan fingerprint density at radius 2 is 1.96 bits per heavy atom. The van der Waals surface area contributed by atoms with Gasteiger partial charge in [0.15, 0.2) is 5.66 Å². The van der Waals surface area contributed by atoms with Gasteiger partial charge in [-0.25, -0.2) is 4.79 Å². The van der Waals surface area contributed by atoms with E-state index in [4.69, 9.17) is 6.42 Å². The fourth-order valence-electron chi connectivity index (χ4n) is 4.11.